The number of halogens is 3. The zero-order valence-corrected chi connectivity index (χ0v) is 8.93. The van der Waals surface area contributed by atoms with E-state index >= 15 is 0 Å². The minimum absolute atomic E-state index is 0.225. The highest BCUT2D eigenvalue weighted by atomic mass is 32.1. The molecule has 0 radical (unpaired) electrons. The molecule has 0 amide bonds. The summed E-state index contributed by atoms with van der Waals surface area (Å²) in [5.74, 6) is 0. The highest BCUT2D eigenvalue weighted by molar-refractivity contribution is 7.15. The normalized spacial score (nSPS) is 11.8. The number of thiazole rings is 1. The van der Waals surface area contributed by atoms with Crippen LogP contribution in [0.25, 0.3) is 10.7 Å². The van der Waals surface area contributed by atoms with E-state index in [9.17, 15) is 13.2 Å². The first-order valence-corrected chi connectivity index (χ1v) is 5.10. The third-order valence-electron chi connectivity index (χ3n) is 1.76. The summed E-state index contributed by atoms with van der Waals surface area (Å²) in [4.78, 5) is 10.9. The van der Waals surface area contributed by atoms with Crippen molar-refractivity contribution in [1.29, 1.82) is 0 Å². The topological polar surface area (TPSA) is 38.7 Å². The fourth-order valence-electron chi connectivity index (χ4n) is 1.09. The van der Waals surface area contributed by atoms with Crippen LogP contribution in [0, 0.1) is 6.92 Å². The molecule has 0 aliphatic carbocycles. The predicted molar refractivity (Wildman–Crippen MR) is 52.9 cm³/mol. The van der Waals surface area contributed by atoms with E-state index in [4.69, 9.17) is 0 Å². The van der Waals surface area contributed by atoms with Gasteiger partial charge >= 0.3 is 6.18 Å². The van der Waals surface area contributed by atoms with Gasteiger partial charge in [0, 0.05) is 6.20 Å². The number of alkyl halides is 3. The van der Waals surface area contributed by atoms with Gasteiger partial charge in [0.05, 0.1) is 18.1 Å². The minimum Gasteiger partial charge on any atom is -0.260 e. The molecule has 0 saturated heterocycles. The van der Waals surface area contributed by atoms with Crippen molar-refractivity contribution in [3.05, 3.63) is 29.2 Å². The van der Waals surface area contributed by atoms with Crippen molar-refractivity contribution in [2.75, 3.05) is 0 Å². The van der Waals surface area contributed by atoms with Gasteiger partial charge in [0.15, 0.2) is 0 Å². The number of nitrogens with zero attached hydrogens (tertiary/aromatic N) is 3. The quantitative estimate of drug-likeness (QED) is 0.775. The zero-order chi connectivity index (χ0) is 11.8. The van der Waals surface area contributed by atoms with E-state index in [1.165, 1.54) is 12.4 Å². The molecule has 0 aliphatic rings. The van der Waals surface area contributed by atoms with Gasteiger partial charge in [-0.05, 0) is 6.92 Å². The van der Waals surface area contributed by atoms with Crippen LogP contribution < -0.4 is 0 Å². The van der Waals surface area contributed by atoms with Crippen LogP contribution in [-0.2, 0) is 6.18 Å². The first kappa shape index (κ1) is 11.0. The van der Waals surface area contributed by atoms with E-state index in [0.717, 1.165) is 6.20 Å². The van der Waals surface area contributed by atoms with Gasteiger partial charge in [-0.2, -0.15) is 13.2 Å². The molecule has 0 spiro atoms. The summed E-state index contributed by atoms with van der Waals surface area (Å²) in [7, 11) is 0. The number of hydrogen-bond acceptors (Lipinski definition) is 4. The highest BCUT2D eigenvalue weighted by Gasteiger charge is 2.33. The summed E-state index contributed by atoms with van der Waals surface area (Å²) >= 11 is 0.563. The molecule has 0 fully saturated rings. The van der Waals surface area contributed by atoms with E-state index < -0.39 is 11.1 Å². The Bertz CT molecular complexity index is 507. The van der Waals surface area contributed by atoms with E-state index in [1.54, 1.807) is 6.92 Å². The largest absolute Gasteiger partial charge is 0.427 e. The first-order valence-electron chi connectivity index (χ1n) is 4.29. The Morgan fingerprint density at radius 1 is 1.19 bits per heavy atom. The van der Waals surface area contributed by atoms with Crippen molar-refractivity contribution < 1.29 is 13.2 Å². The third kappa shape index (κ3) is 2.19. The van der Waals surface area contributed by atoms with Crippen LogP contribution in [0.5, 0.6) is 0 Å². The Kier molecular flexibility index (Phi) is 2.63. The van der Waals surface area contributed by atoms with Gasteiger partial charge in [-0.15, -0.1) is 11.3 Å². The smallest absolute Gasteiger partial charge is 0.260 e. The van der Waals surface area contributed by atoms with Crippen molar-refractivity contribution in [2.45, 2.75) is 13.1 Å². The maximum atomic E-state index is 12.3. The van der Waals surface area contributed by atoms with E-state index in [-0.39, 0.29) is 5.01 Å². The standard InChI is InChI=1S/C9H6F3N3S/c1-5-2-13-3-6(15-5)8-14-4-7(16-8)9(10,11)12/h2-4H,1H3. The molecule has 2 rings (SSSR count). The van der Waals surface area contributed by atoms with E-state index in [0.29, 0.717) is 22.7 Å². The number of aryl methyl sites for hydroxylation is 1. The number of aromatic nitrogens is 3. The lowest BCUT2D eigenvalue weighted by Crippen LogP contribution is -2.00. The predicted octanol–water partition coefficient (Wildman–Crippen LogP) is 2.93. The second-order valence-corrected chi connectivity index (χ2v) is 4.10. The monoisotopic (exact) mass is 245 g/mol. The highest BCUT2D eigenvalue weighted by Crippen LogP contribution is 2.35. The van der Waals surface area contributed by atoms with Crippen LogP contribution in [-0.4, -0.2) is 15.0 Å². The number of hydrogen-bond donors (Lipinski definition) is 0. The molecule has 0 aromatic carbocycles. The Morgan fingerprint density at radius 2 is 1.94 bits per heavy atom. The summed E-state index contributed by atoms with van der Waals surface area (Å²) in [6.07, 6.45) is -0.620. The molecule has 0 bridgehead atoms. The fourth-order valence-corrected chi connectivity index (χ4v) is 1.83. The molecule has 0 N–H and O–H groups in total. The van der Waals surface area contributed by atoms with Crippen molar-refractivity contribution in [2.24, 2.45) is 0 Å². The minimum atomic E-state index is -4.35. The van der Waals surface area contributed by atoms with Gasteiger partial charge in [-0.25, -0.2) is 9.97 Å². The molecule has 2 aromatic heterocycles. The van der Waals surface area contributed by atoms with Crippen LogP contribution in [0.2, 0.25) is 0 Å². The molecule has 3 nitrogen and oxygen atoms in total. The molecule has 2 heterocycles. The van der Waals surface area contributed by atoms with E-state index in [1.807, 2.05) is 0 Å². The van der Waals surface area contributed by atoms with Crippen molar-refractivity contribution in [1.82, 2.24) is 15.0 Å². The second-order valence-electron chi connectivity index (χ2n) is 3.07. The molecule has 84 valence electrons. The lowest BCUT2D eigenvalue weighted by molar-refractivity contribution is -0.134. The Hall–Kier alpha value is -1.50. The van der Waals surface area contributed by atoms with Crippen LogP contribution in [0.3, 0.4) is 0 Å². The van der Waals surface area contributed by atoms with Crippen LogP contribution in [0.4, 0.5) is 13.2 Å². The lowest BCUT2D eigenvalue weighted by atomic mass is 10.4. The van der Waals surface area contributed by atoms with Gasteiger partial charge < -0.3 is 0 Å². The van der Waals surface area contributed by atoms with Gasteiger partial charge in [0.25, 0.3) is 0 Å². The maximum Gasteiger partial charge on any atom is 0.427 e. The number of rotatable bonds is 1. The van der Waals surface area contributed by atoms with Gasteiger partial charge in [0.1, 0.15) is 15.6 Å². The maximum absolute atomic E-state index is 12.3. The summed E-state index contributed by atoms with van der Waals surface area (Å²) in [5.41, 5.74) is 1.00. The fraction of sp³-hybridized carbons (Fsp3) is 0.222. The summed E-state index contributed by atoms with van der Waals surface area (Å²) in [6, 6.07) is 0. The van der Waals surface area contributed by atoms with Crippen LogP contribution in [0.1, 0.15) is 10.6 Å². The van der Waals surface area contributed by atoms with Gasteiger partial charge in [-0.1, -0.05) is 0 Å². The SMILES string of the molecule is Cc1cncc(-c2ncc(C(F)(F)F)s2)n1. The molecule has 0 unspecified atom stereocenters. The van der Waals surface area contributed by atoms with Crippen LogP contribution >= 0.6 is 11.3 Å². The van der Waals surface area contributed by atoms with Crippen LogP contribution in [0.15, 0.2) is 18.6 Å². The molecular weight excluding hydrogens is 239 g/mol. The molecule has 7 heteroatoms. The van der Waals surface area contributed by atoms with Gasteiger partial charge in [-0.3, -0.25) is 4.98 Å². The first-order chi connectivity index (χ1) is 7.47. The molecule has 2 aromatic rings. The molecular formula is C9H6F3N3S. The van der Waals surface area contributed by atoms with E-state index in [2.05, 4.69) is 15.0 Å². The Morgan fingerprint density at radius 3 is 2.50 bits per heavy atom. The van der Waals surface area contributed by atoms with Gasteiger partial charge in [0.2, 0.25) is 0 Å². The van der Waals surface area contributed by atoms with Crippen molar-refractivity contribution in [3.63, 3.8) is 0 Å². The average Bonchev–Trinajstić information content (AvgIpc) is 2.65. The molecule has 0 saturated carbocycles. The summed E-state index contributed by atoms with van der Waals surface area (Å²) < 4.78 is 37.0. The van der Waals surface area contributed by atoms with Crippen molar-refractivity contribution in [3.8, 4) is 10.7 Å². The third-order valence-corrected chi connectivity index (χ3v) is 2.82. The Labute approximate surface area is 93.0 Å². The molecule has 0 aliphatic heterocycles. The van der Waals surface area contributed by atoms with Crippen molar-refractivity contribution >= 4 is 11.3 Å². The second kappa shape index (κ2) is 3.82. The average molecular weight is 245 g/mol. The molecule has 16 heavy (non-hydrogen) atoms. The summed E-state index contributed by atoms with van der Waals surface area (Å²) in [6.45, 7) is 1.72. The zero-order valence-electron chi connectivity index (χ0n) is 8.12. The Balaban J connectivity index is 2.39. The molecule has 0 atom stereocenters. The summed E-state index contributed by atoms with van der Waals surface area (Å²) in [5, 5.41) is 0.225. The lowest BCUT2D eigenvalue weighted by Gasteiger charge is -1.99.